The SMILES string of the molecule is CC1=NN=C2C1CCc1sc(C)c(C)c1/C(c1ccc(Cl)cc1)=N\[C@H]2CC(=O)Nc1ccc2c(c1)C(=O)NC21CC1. The number of hydrogen-bond acceptors (Lipinski definition) is 6. The Morgan fingerprint density at radius 1 is 1.12 bits per heavy atom. The topological polar surface area (TPSA) is 95.3 Å². The lowest BCUT2D eigenvalue weighted by Gasteiger charge is -2.19. The van der Waals surface area contributed by atoms with Crippen LogP contribution < -0.4 is 10.6 Å². The molecule has 1 unspecified atom stereocenters. The van der Waals surface area contributed by atoms with Crippen molar-refractivity contribution in [2.75, 3.05) is 5.32 Å². The van der Waals surface area contributed by atoms with E-state index in [0.717, 1.165) is 59.5 Å². The number of carbonyl (C=O) groups is 2. The molecule has 3 aliphatic heterocycles. The molecule has 208 valence electrons. The van der Waals surface area contributed by atoms with Crippen molar-refractivity contribution in [2.24, 2.45) is 21.1 Å². The van der Waals surface area contributed by atoms with Gasteiger partial charge in [-0.05, 0) is 81.8 Å². The van der Waals surface area contributed by atoms with Crippen molar-refractivity contribution in [3.63, 3.8) is 0 Å². The third kappa shape index (κ3) is 4.53. The zero-order valence-electron chi connectivity index (χ0n) is 23.2. The van der Waals surface area contributed by atoms with Gasteiger partial charge in [0.25, 0.3) is 5.91 Å². The van der Waals surface area contributed by atoms with Gasteiger partial charge in [-0.25, -0.2) is 0 Å². The van der Waals surface area contributed by atoms with Gasteiger partial charge in [-0.1, -0.05) is 29.8 Å². The van der Waals surface area contributed by atoms with Crippen LogP contribution in [0.5, 0.6) is 0 Å². The van der Waals surface area contributed by atoms with Gasteiger partial charge in [0.15, 0.2) is 0 Å². The molecule has 1 aliphatic carbocycles. The van der Waals surface area contributed by atoms with Crippen molar-refractivity contribution in [2.45, 2.75) is 64.5 Å². The number of fused-ring (bicyclic) bond motifs is 4. The van der Waals surface area contributed by atoms with Crippen LogP contribution >= 0.6 is 22.9 Å². The summed E-state index contributed by atoms with van der Waals surface area (Å²) in [6.07, 6.45) is 3.78. The van der Waals surface area contributed by atoms with Gasteiger partial charge < -0.3 is 10.6 Å². The van der Waals surface area contributed by atoms with E-state index in [1.165, 1.54) is 15.3 Å². The van der Waals surface area contributed by atoms with Gasteiger partial charge in [-0.15, -0.1) is 11.3 Å². The Kier molecular flexibility index (Phi) is 6.24. The summed E-state index contributed by atoms with van der Waals surface area (Å²) in [7, 11) is 0. The van der Waals surface area contributed by atoms with Crippen molar-refractivity contribution in [1.29, 1.82) is 0 Å². The molecule has 2 N–H and O–H groups in total. The van der Waals surface area contributed by atoms with E-state index < -0.39 is 6.04 Å². The second-order valence-electron chi connectivity index (χ2n) is 11.5. The average molecular weight is 584 g/mol. The van der Waals surface area contributed by atoms with Gasteiger partial charge in [-0.3, -0.25) is 14.6 Å². The van der Waals surface area contributed by atoms with Crippen LogP contribution in [0.3, 0.4) is 0 Å². The first-order chi connectivity index (χ1) is 19.7. The van der Waals surface area contributed by atoms with Gasteiger partial charge >= 0.3 is 0 Å². The van der Waals surface area contributed by atoms with Gasteiger partial charge in [0.05, 0.1) is 23.4 Å². The molecular formula is C32H30ClN5O2S. The first kappa shape index (κ1) is 26.3. The van der Waals surface area contributed by atoms with E-state index in [-0.39, 0.29) is 29.7 Å². The summed E-state index contributed by atoms with van der Waals surface area (Å²) in [5.41, 5.74) is 8.05. The molecule has 1 fully saturated rings. The number of hydrogen-bond donors (Lipinski definition) is 2. The van der Waals surface area contributed by atoms with Crippen LogP contribution in [0.2, 0.25) is 5.02 Å². The number of anilines is 1. The first-order valence-electron chi connectivity index (χ1n) is 14.0. The molecule has 1 spiro atoms. The first-order valence-corrected chi connectivity index (χ1v) is 15.2. The summed E-state index contributed by atoms with van der Waals surface area (Å²) in [5, 5.41) is 15.8. The number of thiophene rings is 1. The van der Waals surface area contributed by atoms with E-state index in [9.17, 15) is 9.59 Å². The van der Waals surface area contributed by atoms with Crippen molar-refractivity contribution >= 4 is 57.6 Å². The molecule has 7 rings (SSSR count). The fourth-order valence-corrected chi connectivity index (χ4v) is 7.68. The van der Waals surface area contributed by atoms with Crippen molar-refractivity contribution in [1.82, 2.24) is 5.32 Å². The number of halogens is 1. The average Bonchev–Trinajstić information content (AvgIpc) is 3.42. The second kappa shape index (κ2) is 9.74. The molecule has 7 nitrogen and oxygen atoms in total. The molecular weight excluding hydrogens is 554 g/mol. The Bertz CT molecular complexity index is 1710. The van der Waals surface area contributed by atoms with Gasteiger partial charge in [-0.2, -0.15) is 10.2 Å². The van der Waals surface area contributed by atoms with E-state index >= 15 is 0 Å². The molecule has 0 radical (unpaired) electrons. The summed E-state index contributed by atoms with van der Waals surface area (Å²) in [6.45, 7) is 6.31. The summed E-state index contributed by atoms with van der Waals surface area (Å²) >= 11 is 8.07. The lowest BCUT2D eigenvalue weighted by molar-refractivity contribution is -0.116. The van der Waals surface area contributed by atoms with Gasteiger partial charge in [0.1, 0.15) is 6.04 Å². The van der Waals surface area contributed by atoms with Gasteiger partial charge in [0.2, 0.25) is 5.91 Å². The largest absolute Gasteiger partial charge is 0.342 e. The van der Waals surface area contributed by atoms with Crippen molar-refractivity contribution in [3.05, 3.63) is 85.1 Å². The molecule has 1 saturated carbocycles. The summed E-state index contributed by atoms with van der Waals surface area (Å²) in [5.74, 6) is -0.220. The molecule has 2 amide bonds. The molecule has 41 heavy (non-hydrogen) atoms. The fourth-order valence-electron chi connectivity index (χ4n) is 6.35. The predicted molar refractivity (Wildman–Crippen MR) is 165 cm³/mol. The number of aryl methyl sites for hydroxylation is 2. The van der Waals surface area contributed by atoms with Crippen LogP contribution in [0, 0.1) is 19.8 Å². The minimum atomic E-state index is -0.495. The Morgan fingerprint density at radius 3 is 2.66 bits per heavy atom. The zero-order chi connectivity index (χ0) is 28.5. The third-order valence-corrected chi connectivity index (χ3v) is 10.3. The van der Waals surface area contributed by atoms with Crippen LogP contribution in [-0.4, -0.2) is 35.0 Å². The maximum atomic E-state index is 13.6. The number of nitrogens with zero attached hydrogens (tertiary/aromatic N) is 3. The van der Waals surface area contributed by atoms with Crippen LogP contribution in [0.4, 0.5) is 5.69 Å². The lowest BCUT2D eigenvalue weighted by atomic mass is 9.88. The summed E-state index contributed by atoms with van der Waals surface area (Å²) in [6, 6.07) is 12.9. The summed E-state index contributed by atoms with van der Waals surface area (Å²) < 4.78 is 0. The minimum absolute atomic E-state index is 0.0371. The van der Waals surface area contributed by atoms with E-state index in [4.69, 9.17) is 16.6 Å². The quantitative estimate of drug-likeness (QED) is 0.373. The Hall–Kier alpha value is -3.62. The van der Waals surface area contributed by atoms with E-state index in [2.05, 4.69) is 34.7 Å². The highest BCUT2D eigenvalue weighted by molar-refractivity contribution is 7.12. The van der Waals surface area contributed by atoms with Crippen LogP contribution in [0.25, 0.3) is 0 Å². The molecule has 2 aromatic carbocycles. The molecule has 4 heterocycles. The monoisotopic (exact) mass is 583 g/mol. The zero-order valence-corrected chi connectivity index (χ0v) is 24.7. The molecule has 0 bridgehead atoms. The normalized spacial score (nSPS) is 23.1. The Morgan fingerprint density at radius 2 is 1.90 bits per heavy atom. The number of aliphatic imine (C=N–C) groups is 1. The number of nitrogens with one attached hydrogen (secondary N) is 2. The Balaban J connectivity index is 1.26. The van der Waals surface area contributed by atoms with E-state index in [1.54, 1.807) is 6.07 Å². The molecule has 1 aromatic heterocycles. The number of benzene rings is 2. The second-order valence-corrected chi connectivity index (χ2v) is 13.2. The van der Waals surface area contributed by atoms with Crippen molar-refractivity contribution < 1.29 is 9.59 Å². The van der Waals surface area contributed by atoms with Crippen LogP contribution in [0.15, 0.2) is 57.7 Å². The highest BCUT2D eigenvalue weighted by atomic mass is 35.5. The molecule has 9 heteroatoms. The fraction of sp³-hybridized carbons (Fsp3) is 0.344. The van der Waals surface area contributed by atoms with E-state index in [1.807, 2.05) is 54.7 Å². The number of rotatable bonds is 4. The molecule has 4 aliphatic rings. The standard InChI is InChI=1S/C32H30ClN5O2S/c1-16-18(3)41-26-11-9-22-17(2)37-38-30(22)25(35-29(28(16)26)19-4-6-20(33)7-5-19)15-27(39)34-21-8-10-24-23(14-21)31(40)36-32(24)12-13-32/h4-8,10,14,22,25H,9,11-13,15H2,1-3H3,(H,34,39)(H,36,40)/b35-29-/t22?,25-/m0/s1. The maximum Gasteiger partial charge on any atom is 0.252 e. The van der Waals surface area contributed by atoms with Crippen LogP contribution in [-0.2, 0) is 16.8 Å². The lowest BCUT2D eigenvalue weighted by Crippen LogP contribution is -2.32. The highest BCUT2D eigenvalue weighted by Crippen LogP contribution is 2.50. The number of carbonyl (C=O) groups excluding carboxylic acids is 2. The minimum Gasteiger partial charge on any atom is -0.342 e. The molecule has 0 saturated heterocycles. The predicted octanol–water partition coefficient (Wildman–Crippen LogP) is 6.38. The van der Waals surface area contributed by atoms with E-state index in [0.29, 0.717) is 16.3 Å². The van der Waals surface area contributed by atoms with Crippen LogP contribution in [0.1, 0.15) is 75.0 Å². The maximum absolute atomic E-state index is 13.6. The van der Waals surface area contributed by atoms with Crippen molar-refractivity contribution in [3.8, 4) is 0 Å². The van der Waals surface area contributed by atoms with Gasteiger partial charge in [0, 0.05) is 48.8 Å². The molecule has 3 aromatic rings. The Labute approximate surface area is 247 Å². The highest BCUT2D eigenvalue weighted by Gasteiger charge is 2.52. The molecule has 2 atom stereocenters. The third-order valence-electron chi connectivity index (χ3n) is 8.83. The summed E-state index contributed by atoms with van der Waals surface area (Å²) in [4.78, 5) is 34.0. The number of amides is 2. The smallest absolute Gasteiger partial charge is 0.252 e.